The maximum absolute atomic E-state index is 13.2. The number of rotatable bonds is 4. The Balaban J connectivity index is 1.67. The van der Waals surface area contributed by atoms with Crippen LogP contribution in [0.3, 0.4) is 0 Å². The Labute approximate surface area is 160 Å². The molecular weight excluding hydrogens is 369 g/mol. The number of halogens is 1. The third-order valence-corrected chi connectivity index (χ3v) is 6.31. The highest BCUT2D eigenvalue weighted by Gasteiger charge is 2.42. The zero-order valence-corrected chi connectivity index (χ0v) is 15.5. The van der Waals surface area contributed by atoms with Gasteiger partial charge in [-0.25, -0.2) is 13.9 Å². The molecule has 2 heterocycles. The van der Waals surface area contributed by atoms with Crippen molar-refractivity contribution in [2.75, 3.05) is 11.5 Å². The largest absolute Gasteiger partial charge is 0.480 e. The van der Waals surface area contributed by atoms with Crippen molar-refractivity contribution < 1.29 is 19.1 Å². The molecule has 1 aliphatic carbocycles. The smallest absolute Gasteiger partial charge is 0.329 e. The fourth-order valence-electron chi connectivity index (χ4n) is 3.80. The van der Waals surface area contributed by atoms with Crippen LogP contribution in [0.15, 0.2) is 24.3 Å². The summed E-state index contributed by atoms with van der Waals surface area (Å²) in [5.74, 6) is -0.364. The number of aromatic nitrogens is 2. The van der Waals surface area contributed by atoms with E-state index in [9.17, 15) is 19.1 Å². The molecule has 1 aliphatic heterocycles. The molecule has 0 bridgehead atoms. The summed E-state index contributed by atoms with van der Waals surface area (Å²) in [6.07, 6.45) is 3.23. The van der Waals surface area contributed by atoms with E-state index < -0.39 is 17.4 Å². The predicted molar refractivity (Wildman–Crippen MR) is 99.9 cm³/mol. The summed E-state index contributed by atoms with van der Waals surface area (Å²) in [4.78, 5) is 24.8. The average molecular weight is 389 g/mol. The van der Waals surface area contributed by atoms with Crippen LogP contribution in [-0.4, -0.2) is 43.8 Å². The molecule has 1 aromatic carbocycles. The molecule has 142 valence electrons. The number of aliphatic carboxylic acids is 1. The van der Waals surface area contributed by atoms with E-state index in [1.54, 1.807) is 28.6 Å². The van der Waals surface area contributed by atoms with Gasteiger partial charge >= 0.3 is 5.97 Å². The van der Waals surface area contributed by atoms with Gasteiger partial charge in [0.2, 0.25) is 0 Å². The molecule has 2 N–H and O–H groups in total. The van der Waals surface area contributed by atoms with Crippen LogP contribution in [0.5, 0.6) is 0 Å². The van der Waals surface area contributed by atoms with E-state index >= 15 is 0 Å². The molecule has 0 saturated carbocycles. The van der Waals surface area contributed by atoms with Gasteiger partial charge in [-0.2, -0.15) is 16.9 Å². The van der Waals surface area contributed by atoms with Gasteiger partial charge in [0.1, 0.15) is 11.4 Å². The van der Waals surface area contributed by atoms with Crippen LogP contribution in [-0.2, 0) is 17.6 Å². The number of benzene rings is 1. The summed E-state index contributed by atoms with van der Waals surface area (Å²) in [5.41, 5.74) is 1.55. The minimum Gasteiger partial charge on any atom is -0.480 e. The second-order valence-electron chi connectivity index (χ2n) is 6.97. The molecule has 8 heteroatoms. The summed E-state index contributed by atoms with van der Waals surface area (Å²) in [6, 6.07) is 5.97. The normalized spacial score (nSPS) is 18.1. The van der Waals surface area contributed by atoms with Crippen molar-refractivity contribution in [2.45, 2.75) is 37.6 Å². The molecule has 0 unspecified atom stereocenters. The number of hydrogen-bond donors (Lipinski definition) is 2. The molecule has 6 nitrogen and oxygen atoms in total. The molecule has 1 amide bonds. The van der Waals surface area contributed by atoms with Crippen molar-refractivity contribution in [2.24, 2.45) is 0 Å². The highest BCUT2D eigenvalue weighted by Crippen LogP contribution is 2.31. The van der Waals surface area contributed by atoms with E-state index in [0.717, 1.165) is 30.5 Å². The van der Waals surface area contributed by atoms with Crippen molar-refractivity contribution in [1.82, 2.24) is 15.1 Å². The lowest BCUT2D eigenvalue weighted by atomic mass is 9.92. The quantitative estimate of drug-likeness (QED) is 0.840. The number of fused-ring (bicyclic) bond motifs is 1. The standard InChI is InChI=1S/C19H20FN3O3S/c20-12-4-6-13(7-5-12)23-15-3-1-2-14(15)16(22-23)17(24)21-19(18(25)26)8-10-27-11-9-19/h4-7H,1-3,8-11H2,(H,21,24)(H,25,26). The first kappa shape index (κ1) is 18.0. The van der Waals surface area contributed by atoms with Gasteiger partial charge in [-0.3, -0.25) is 4.79 Å². The topological polar surface area (TPSA) is 84.2 Å². The Morgan fingerprint density at radius 1 is 1.19 bits per heavy atom. The molecular formula is C19H20FN3O3S. The number of carbonyl (C=O) groups excluding carboxylic acids is 1. The number of nitrogens with one attached hydrogen (secondary N) is 1. The summed E-state index contributed by atoms with van der Waals surface area (Å²) in [6.45, 7) is 0. The highest BCUT2D eigenvalue weighted by atomic mass is 32.2. The van der Waals surface area contributed by atoms with Gasteiger partial charge < -0.3 is 10.4 Å². The van der Waals surface area contributed by atoms with Crippen LogP contribution in [0.2, 0.25) is 0 Å². The van der Waals surface area contributed by atoms with Crippen molar-refractivity contribution >= 4 is 23.6 Å². The number of carboxylic acids is 1. The number of nitrogens with zero attached hydrogens (tertiary/aromatic N) is 2. The number of thioether (sulfide) groups is 1. The van der Waals surface area contributed by atoms with E-state index in [1.807, 2.05) is 0 Å². The minimum absolute atomic E-state index is 0.283. The molecule has 4 rings (SSSR count). The zero-order chi connectivity index (χ0) is 19.0. The third-order valence-electron chi connectivity index (χ3n) is 5.33. The van der Waals surface area contributed by atoms with Crippen LogP contribution in [0, 0.1) is 5.82 Å². The lowest BCUT2D eigenvalue weighted by Crippen LogP contribution is -2.56. The Bertz CT molecular complexity index is 888. The van der Waals surface area contributed by atoms with Crippen molar-refractivity contribution in [1.29, 1.82) is 0 Å². The first-order valence-corrected chi connectivity index (χ1v) is 10.2. The van der Waals surface area contributed by atoms with Crippen LogP contribution in [0.1, 0.15) is 41.0 Å². The Morgan fingerprint density at radius 3 is 2.56 bits per heavy atom. The second-order valence-corrected chi connectivity index (χ2v) is 8.19. The Hall–Kier alpha value is -2.35. The Kier molecular flexibility index (Phi) is 4.67. The molecule has 1 fully saturated rings. The van der Waals surface area contributed by atoms with Crippen molar-refractivity contribution in [3.8, 4) is 5.69 Å². The van der Waals surface area contributed by atoms with Gasteiger partial charge in [-0.15, -0.1) is 0 Å². The monoisotopic (exact) mass is 389 g/mol. The van der Waals surface area contributed by atoms with Gasteiger partial charge in [0.05, 0.1) is 5.69 Å². The number of carboxylic acid groups (broad SMARTS) is 1. The highest BCUT2D eigenvalue weighted by molar-refractivity contribution is 7.99. The van der Waals surface area contributed by atoms with Gasteiger partial charge in [0.25, 0.3) is 5.91 Å². The first-order valence-electron chi connectivity index (χ1n) is 9.00. The molecule has 0 spiro atoms. The summed E-state index contributed by atoms with van der Waals surface area (Å²) < 4.78 is 14.9. The van der Waals surface area contributed by atoms with Crippen LogP contribution < -0.4 is 5.32 Å². The third kappa shape index (κ3) is 3.22. The lowest BCUT2D eigenvalue weighted by Gasteiger charge is -2.33. The molecule has 0 atom stereocenters. The zero-order valence-electron chi connectivity index (χ0n) is 14.7. The van der Waals surface area contributed by atoms with Gasteiger partial charge in [0, 0.05) is 11.3 Å². The second kappa shape index (κ2) is 6.99. The SMILES string of the molecule is O=C(NC1(C(=O)O)CCSCC1)c1nn(-c2ccc(F)cc2)c2c1CCC2. The van der Waals surface area contributed by atoms with E-state index in [4.69, 9.17) is 0 Å². The number of carbonyl (C=O) groups is 2. The minimum atomic E-state index is -1.23. The van der Waals surface area contributed by atoms with E-state index in [-0.39, 0.29) is 11.5 Å². The van der Waals surface area contributed by atoms with E-state index in [2.05, 4.69) is 10.4 Å². The molecule has 1 aromatic heterocycles. The fourth-order valence-corrected chi connectivity index (χ4v) is 4.99. The summed E-state index contributed by atoms with van der Waals surface area (Å²) in [5, 5.41) is 16.9. The summed E-state index contributed by atoms with van der Waals surface area (Å²) in [7, 11) is 0. The molecule has 1 saturated heterocycles. The van der Waals surface area contributed by atoms with Crippen LogP contribution in [0.25, 0.3) is 5.69 Å². The van der Waals surface area contributed by atoms with Crippen LogP contribution in [0.4, 0.5) is 4.39 Å². The maximum Gasteiger partial charge on any atom is 0.329 e. The van der Waals surface area contributed by atoms with E-state index in [1.165, 1.54) is 12.1 Å². The number of amides is 1. The number of hydrogen-bond acceptors (Lipinski definition) is 4. The fraction of sp³-hybridized carbons (Fsp3) is 0.421. The molecule has 0 radical (unpaired) electrons. The molecule has 2 aromatic rings. The van der Waals surface area contributed by atoms with E-state index in [0.29, 0.717) is 30.0 Å². The predicted octanol–water partition coefficient (Wildman–Crippen LogP) is 2.58. The lowest BCUT2D eigenvalue weighted by molar-refractivity contribution is -0.144. The summed E-state index contributed by atoms with van der Waals surface area (Å²) >= 11 is 1.70. The van der Waals surface area contributed by atoms with Crippen molar-refractivity contribution in [3.63, 3.8) is 0 Å². The molecule has 27 heavy (non-hydrogen) atoms. The first-order chi connectivity index (χ1) is 13.0. The van der Waals surface area contributed by atoms with Crippen LogP contribution >= 0.6 is 11.8 Å². The van der Waals surface area contributed by atoms with Crippen molar-refractivity contribution in [3.05, 3.63) is 47.0 Å². The Morgan fingerprint density at radius 2 is 1.89 bits per heavy atom. The maximum atomic E-state index is 13.2. The van der Waals surface area contributed by atoms with Gasteiger partial charge in [0.15, 0.2) is 5.69 Å². The molecule has 2 aliphatic rings. The van der Waals surface area contributed by atoms with Gasteiger partial charge in [-0.1, -0.05) is 0 Å². The van der Waals surface area contributed by atoms with Gasteiger partial charge in [-0.05, 0) is 67.9 Å². The average Bonchev–Trinajstić information content (AvgIpc) is 3.26.